The van der Waals surface area contributed by atoms with Crippen molar-refractivity contribution in [2.24, 2.45) is 0 Å². The van der Waals surface area contributed by atoms with Crippen molar-refractivity contribution in [1.82, 2.24) is 5.32 Å². The van der Waals surface area contributed by atoms with Crippen LogP contribution in [0.15, 0.2) is 29.2 Å². The van der Waals surface area contributed by atoms with Crippen LogP contribution >= 0.6 is 11.6 Å². The second kappa shape index (κ2) is 6.56. The number of hydrogen-bond donors (Lipinski definition) is 1. The van der Waals surface area contributed by atoms with Crippen LogP contribution < -0.4 is 5.32 Å². The van der Waals surface area contributed by atoms with E-state index in [4.69, 9.17) is 16.3 Å². The van der Waals surface area contributed by atoms with E-state index in [9.17, 15) is 13.2 Å². The zero-order valence-corrected chi connectivity index (χ0v) is 12.4. The fourth-order valence-corrected chi connectivity index (χ4v) is 3.77. The highest BCUT2D eigenvalue weighted by atomic mass is 35.5. The summed E-state index contributed by atoms with van der Waals surface area (Å²) in [4.78, 5) is 11.7. The normalized spacial score (nSPS) is 18.9. The standard InChI is InChI=1S/C13H16ClNO4S/c14-11-5-1-2-6-12(11)20(17,18)9-13(16)15-8-10-4-3-7-19-10/h1-2,5-6,10H,3-4,7-9H2,(H,15,16)/t10-/m0/s1. The Labute approximate surface area is 123 Å². The Bertz CT molecular complexity index is 582. The van der Waals surface area contributed by atoms with Crippen molar-refractivity contribution in [3.63, 3.8) is 0 Å². The molecule has 110 valence electrons. The minimum atomic E-state index is -3.72. The Morgan fingerprint density at radius 3 is 2.80 bits per heavy atom. The second-order valence-corrected chi connectivity index (χ2v) is 6.99. The average Bonchev–Trinajstić information content (AvgIpc) is 2.89. The highest BCUT2D eigenvalue weighted by molar-refractivity contribution is 7.92. The van der Waals surface area contributed by atoms with Crippen LogP contribution in [0, 0.1) is 0 Å². The van der Waals surface area contributed by atoms with E-state index >= 15 is 0 Å². The van der Waals surface area contributed by atoms with Gasteiger partial charge in [-0.3, -0.25) is 4.79 Å². The van der Waals surface area contributed by atoms with E-state index in [0.29, 0.717) is 13.2 Å². The molecule has 0 saturated carbocycles. The Balaban J connectivity index is 1.94. The van der Waals surface area contributed by atoms with E-state index in [0.717, 1.165) is 12.8 Å². The van der Waals surface area contributed by atoms with Crippen LogP contribution in [0.3, 0.4) is 0 Å². The lowest BCUT2D eigenvalue weighted by molar-refractivity contribution is -0.119. The van der Waals surface area contributed by atoms with Crippen molar-refractivity contribution in [3.05, 3.63) is 29.3 Å². The Morgan fingerprint density at radius 1 is 1.40 bits per heavy atom. The second-order valence-electron chi connectivity index (χ2n) is 4.63. The van der Waals surface area contributed by atoms with Gasteiger partial charge in [0.1, 0.15) is 5.75 Å². The van der Waals surface area contributed by atoms with Gasteiger partial charge in [-0.1, -0.05) is 23.7 Å². The van der Waals surface area contributed by atoms with Gasteiger partial charge in [0.25, 0.3) is 0 Å². The van der Waals surface area contributed by atoms with Gasteiger partial charge in [-0.2, -0.15) is 0 Å². The fourth-order valence-electron chi connectivity index (χ4n) is 2.03. The smallest absolute Gasteiger partial charge is 0.235 e. The largest absolute Gasteiger partial charge is 0.376 e. The molecule has 1 aromatic rings. The summed E-state index contributed by atoms with van der Waals surface area (Å²) in [6.07, 6.45) is 1.85. The van der Waals surface area contributed by atoms with Gasteiger partial charge in [0.2, 0.25) is 5.91 Å². The first kappa shape index (κ1) is 15.3. The fraction of sp³-hybridized carbons (Fsp3) is 0.462. The maximum atomic E-state index is 12.1. The summed E-state index contributed by atoms with van der Waals surface area (Å²) < 4.78 is 29.5. The van der Waals surface area contributed by atoms with E-state index in [1.54, 1.807) is 12.1 Å². The van der Waals surface area contributed by atoms with Crippen LogP contribution in [0.1, 0.15) is 12.8 Å². The number of amides is 1. The molecule has 0 bridgehead atoms. The monoisotopic (exact) mass is 317 g/mol. The van der Waals surface area contributed by atoms with E-state index in [2.05, 4.69) is 5.32 Å². The van der Waals surface area contributed by atoms with Gasteiger partial charge >= 0.3 is 0 Å². The molecule has 1 aliphatic rings. The summed E-state index contributed by atoms with van der Waals surface area (Å²) in [5.74, 6) is -1.15. The van der Waals surface area contributed by atoms with E-state index < -0.39 is 21.5 Å². The average molecular weight is 318 g/mol. The molecule has 1 aliphatic heterocycles. The van der Waals surface area contributed by atoms with Crippen LogP contribution in [0.2, 0.25) is 5.02 Å². The van der Waals surface area contributed by atoms with Crippen molar-refractivity contribution in [3.8, 4) is 0 Å². The van der Waals surface area contributed by atoms with Crippen molar-refractivity contribution in [2.75, 3.05) is 18.9 Å². The summed E-state index contributed by atoms with van der Waals surface area (Å²) in [6.45, 7) is 1.04. The van der Waals surface area contributed by atoms with Gasteiger partial charge < -0.3 is 10.1 Å². The third-order valence-electron chi connectivity index (χ3n) is 3.04. The minimum absolute atomic E-state index is 0.0121. The van der Waals surface area contributed by atoms with Gasteiger partial charge in [-0.05, 0) is 25.0 Å². The first-order chi connectivity index (χ1) is 9.49. The summed E-state index contributed by atoms with van der Waals surface area (Å²) in [5, 5.41) is 2.71. The highest BCUT2D eigenvalue weighted by Crippen LogP contribution is 2.21. The van der Waals surface area contributed by atoms with Crippen LogP contribution in [0.25, 0.3) is 0 Å². The molecule has 1 atom stereocenters. The zero-order valence-electron chi connectivity index (χ0n) is 10.8. The van der Waals surface area contributed by atoms with Crippen molar-refractivity contribution < 1.29 is 17.9 Å². The molecule has 5 nitrogen and oxygen atoms in total. The molecule has 0 aliphatic carbocycles. The SMILES string of the molecule is O=C(CS(=O)(=O)c1ccccc1Cl)NC[C@@H]1CCCO1. The van der Waals surface area contributed by atoms with Crippen molar-refractivity contribution >= 4 is 27.3 Å². The Hall–Kier alpha value is -1.11. The maximum absolute atomic E-state index is 12.1. The molecule has 1 fully saturated rings. The summed E-state index contributed by atoms with van der Waals surface area (Å²) in [7, 11) is -3.72. The van der Waals surface area contributed by atoms with E-state index in [1.165, 1.54) is 12.1 Å². The third-order valence-corrected chi connectivity index (χ3v) is 5.15. The Morgan fingerprint density at radius 2 is 2.15 bits per heavy atom. The van der Waals surface area contributed by atoms with Crippen LogP contribution in [-0.2, 0) is 19.4 Å². The predicted octanol–water partition coefficient (Wildman–Crippen LogP) is 1.41. The number of sulfone groups is 1. The van der Waals surface area contributed by atoms with Crippen molar-refractivity contribution in [1.29, 1.82) is 0 Å². The molecule has 1 heterocycles. The van der Waals surface area contributed by atoms with Crippen molar-refractivity contribution in [2.45, 2.75) is 23.8 Å². The molecule has 1 amide bonds. The molecule has 1 N–H and O–H groups in total. The molecular weight excluding hydrogens is 302 g/mol. The van der Waals surface area contributed by atoms with Gasteiger partial charge in [0.05, 0.1) is 16.0 Å². The third kappa shape index (κ3) is 3.94. The number of carbonyl (C=O) groups is 1. The first-order valence-corrected chi connectivity index (χ1v) is 8.37. The number of carbonyl (C=O) groups excluding carboxylic acids is 1. The highest BCUT2D eigenvalue weighted by Gasteiger charge is 2.23. The lowest BCUT2D eigenvalue weighted by Crippen LogP contribution is -2.35. The lowest BCUT2D eigenvalue weighted by Gasteiger charge is -2.11. The number of hydrogen-bond acceptors (Lipinski definition) is 4. The molecule has 20 heavy (non-hydrogen) atoms. The minimum Gasteiger partial charge on any atom is -0.376 e. The maximum Gasteiger partial charge on any atom is 0.235 e. The number of ether oxygens (including phenoxy) is 1. The van der Waals surface area contributed by atoms with E-state index in [-0.39, 0.29) is 16.0 Å². The van der Waals surface area contributed by atoms with Crippen LogP contribution in [-0.4, -0.2) is 39.3 Å². The topological polar surface area (TPSA) is 72.5 Å². The number of halogens is 1. The molecule has 0 spiro atoms. The number of nitrogens with one attached hydrogen (secondary N) is 1. The number of rotatable bonds is 5. The summed E-state index contributed by atoms with van der Waals surface area (Å²) in [6, 6.07) is 6.09. The molecule has 2 rings (SSSR count). The lowest BCUT2D eigenvalue weighted by atomic mass is 10.2. The van der Waals surface area contributed by atoms with E-state index in [1.807, 2.05) is 0 Å². The van der Waals surface area contributed by atoms with Gasteiger partial charge in [0, 0.05) is 13.2 Å². The first-order valence-electron chi connectivity index (χ1n) is 6.34. The summed E-state index contributed by atoms with van der Waals surface area (Å²) >= 11 is 5.84. The van der Waals surface area contributed by atoms with Crippen LogP contribution in [0.4, 0.5) is 0 Å². The molecule has 1 saturated heterocycles. The van der Waals surface area contributed by atoms with Crippen LogP contribution in [0.5, 0.6) is 0 Å². The van der Waals surface area contributed by atoms with Gasteiger partial charge in [-0.15, -0.1) is 0 Å². The molecule has 1 aromatic carbocycles. The Kier molecular flexibility index (Phi) is 5.01. The molecule has 0 unspecified atom stereocenters. The molecule has 0 aromatic heterocycles. The molecule has 7 heteroatoms. The number of benzene rings is 1. The molecule has 0 radical (unpaired) electrons. The van der Waals surface area contributed by atoms with Gasteiger partial charge in [0.15, 0.2) is 9.84 Å². The molecular formula is C13H16ClNO4S. The van der Waals surface area contributed by atoms with Gasteiger partial charge in [-0.25, -0.2) is 8.42 Å². The zero-order chi connectivity index (χ0) is 14.6. The predicted molar refractivity (Wildman–Crippen MR) is 75.5 cm³/mol. The summed E-state index contributed by atoms with van der Waals surface area (Å²) in [5.41, 5.74) is 0. The quantitative estimate of drug-likeness (QED) is 0.891.